The first-order valence-electron chi connectivity index (χ1n) is 10.4. The number of carbonyl (C=O) groups is 1. The lowest BCUT2D eigenvalue weighted by atomic mass is 9.98. The third kappa shape index (κ3) is 5.46. The summed E-state index contributed by atoms with van der Waals surface area (Å²) in [6.07, 6.45) is 3.02. The van der Waals surface area contributed by atoms with E-state index in [1.807, 2.05) is 0 Å². The van der Waals surface area contributed by atoms with E-state index in [2.05, 4.69) is 37.4 Å². The molecule has 1 amide bonds. The summed E-state index contributed by atoms with van der Waals surface area (Å²) in [6.45, 7) is 5.26. The van der Waals surface area contributed by atoms with Crippen molar-refractivity contribution in [1.82, 2.24) is 9.62 Å². The second-order valence-corrected chi connectivity index (χ2v) is 9.92. The van der Waals surface area contributed by atoms with Gasteiger partial charge in [-0.3, -0.25) is 4.79 Å². The Hall–Kier alpha value is -2.25. The zero-order chi connectivity index (χ0) is 21.7. The maximum absolute atomic E-state index is 13.1. The van der Waals surface area contributed by atoms with Crippen LogP contribution >= 0.6 is 0 Å². The summed E-state index contributed by atoms with van der Waals surface area (Å²) in [4.78, 5) is 12.6. The van der Waals surface area contributed by atoms with Crippen molar-refractivity contribution in [2.24, 2.45) is 5.92 Å². The molecule has 2 aromatic rings. The number of rotatable bonds is 7. The Kier molecular flexibility index (Phi) is 7.26. The van der Waals surface area contributed by atoms with Gasteiger partial charge in [-0.2, -0.15) is 4.31 Å². The number of aryl methyl sites for hydroxylation is 3. The molecule has 0 radical (unpaired) electrons. The molecule has 1 atom stereocenters. The molecule has 30 heavy (non-hydrogen) atoms. The molecule has 1 heterocycles. The van der Waals surface area contributed by atoms with Crippen LogP contribution in [0.3, 0.4) is 0 Å². The zero-order valence-corrected chi connectivity index (χ0v) is 18.3. The van der Waals surface area contributed by atoms with Gasteiger partial charge in [0, 0.05) is 19.6 Å². The van der Waals surface area contributed by atoms with Gasteiger partial charge in [-0.25, -0.2) is 12.8 Å². The van der Waals surface area contributed by atoms with Crippen molar-refractivity contribution in [2.75, 3.05) is 19.6 Å². The Balaban J connectivity index is 1.52. The van der Waals surface area contributed by atoms with Crippen LogP contribution in [0.15, 0.2) is 47.4 Å². The Morgan fingerprint density at radius 3 is 2.60 bits per heavy atom. The van der Waals surface area contributed by atoms with E-state index >= 15 is 0 Å². The molecule has 162 valence electrons. The average molecular weight is 433 g/mol. The number of piperidine rings is 1. The minimum absolute atomic E-state index is 0.0541. The molecule has 0 aromatic heterocycles. The highest BCUT2D eigenvalue weighted by Gasteiger charge is 2.33. The van der Waals surface area contributed by atoms with E-state index in [9.17, 15) is 17.6 Å². The quantitative estimate of drug-likeness (QED) is 0.680. The van der Waals surface area contributed by atoms with E-state index in [-0.39, 0.29) is 23.3 Å². The van der Waals surface area contributed by atoms with Gasteiger partial charge in [0.2, 0.25) is 15.9 Å². The second-order valence-electron chi connectivity index (χ2n) is 7.98. The standard InChI is InChI=1S/C23H29FN2O3S/c1-17-7-8-19(18(2)15-17)5-3-13-25-23(27)20-6-4-14-26(16-20)30(28,29)22-11-9-21(24)10-12-22/h7-12,15,20H,3-6,13-14,16H2,1-2H3,(H,25,27). The van der Waals surface area contributed by atoms with Crippen LogP contribution in [0.2, 0.25) is 0 Å². The molecule has 1 unspecified atom stereocenters. The van der Waals surface area contributed by atoms with Crippen LogP contribution in [0.1, 0.15) is 36.0 Å². The van der Waals surface area contributed by atoms with Crippen LogP contribution in [-0.4, -0.2) is 38.3 Å². The molecule has 0 spiro atoms. The van der Waals surface area contributed by atoms with E-state index in [1.54, 1.807) is 0 Å². The van der Waals surface area contributed by atoms with Crippen LogP contribution in [-0.2, 0) is 21.2 Å². The van der Waals surface area contributed by atoms with Gasteiger partial charge in [0.25, 0.3) is 0 Å². The van der Waals surface area contributed by atoms with Gasteiger partial charge in [0.15, 0.2) is 0 Å². The Labute approximate surface area is 178 Å². The summed E-state index contributed by atoms with van der Waals surface area (Å²) < 4.78 is 40.1. The molecule has 7 heteroatoms. The predicted octanol–water partition coefficient (Wildman–Crippen LogP) is 3.59. The minimum Gasteiger partial charge on any atom is -0.356 e. The van der Waals surface area contributed by atoms with Crippen LogP contribution in [0.4, 0.5) is 4.39 Å². The highest BCUT2D eigenvalue weighted by molar-refractivity contribution is 7.89. The fourth-order valence-electron chi connectivity index (χ4n) is 3.89. The van der Waals surface area contributed by atoms with Gasteiger partial charge < -0.3 is 5.32 Å². The summed E-state index contributed by atoms with van der Waals surface area (Å²) in [5.74, 6) is -0.949. The zero-order valence-electron chi connectivity index (χ0n) is 17.5. The van der Waals surface area contributed by atoms with Crippen molar-refractivity contribution in [3.63, 3.8) is 0 Å². The summed E-state index contributed by atoms with van der Waals surface area (Å²) in [6, 6.07) is 11.2. The molecule has 1 saturated heterocycles. The van der Waals surface area contributed by atoms with E-state index in [1.165, 1.54) is 33.1 Å². The third-order valence-electron chi connectivity index (χ3n) is 5.63. The predicted molar refractivity (Wildman–Crippen MR) is 115 cm³/mol. The number of sulfonamides is 1. The van der Waals surface area contributed by atoms with Crippen molar-refractivity contribution in [3.05, 3.63) is 65.0 Å². The minimum atomic E-state index is -3.73. The van der Waals surface area contributed by atoms with Crippen LogP contribution in [0.25, 0.3) is 0 Å². The first-order valence-corrected chi connectivity index (χ1v) is 11.8. The third-order valence-corrected chi connectivity index (χ3v) is 7.51. The van der Waals surface area contributed by atoms with Crippen molar-refractivity contribution < 1.29 is 17.6 Å². The molecule has 0 saturated carbocycles. The molecule has 3 rings (SSSR count). The maximum atomic E-state index is 13.1. The van der Waals surface area contributed by atoms with E-state index in [4.69, 9.17) is 0 Å². The highest BCUT2D eigenvalue weighted by Crippen LogP contribution is 2.24. The number of carbonyl (C=O) groups excluding carboxylic acids is 1. The Morgan fingerprint density at radius 1 is 1.17 bits per heavy atom. The number of amides is 1. The van der Waals surface area contributed by atoms with Gasteiger partial charge in [-0.15, -0.1) is 0 Å². The number of benzene rings is 2. The van der Waals surface area contributed by atoms with Gasteiger partial charge >= 0.3 is 0 Å². The summed E-state index contributed by atoms with van der Waals surface area (Å²) in [5, 5.41) is 2.96. The molecule has 1 N–H and O–H groups in total. The Morgan fingerprint density at radius 2 is 1.90 bits per heavy atom. The number of nitrogens with zero attached hydrogens (tertiary/aromatic N) is 1. The second kappa shape index (κ2) is 9.71. The number of hydrogen-bond donors (Lipinski definition) is 1. The van der Waals surface area contributed by atoms with Crippen LogP contribution < -0.4 is 5.32 Å². The highest BCUT2D eigenvalue weighted by atomic mass is 32.2. The van der Waals surface area contributed by atoms with Crippen molar-refractivity contribution in [1.29, 1.82) is 0 Å². The monoisotopic (exact) mass is 432 g/mol. The van der Waals surface area contributed by atoms with Gasteiger partial charge in [-0.05, 0) is 74.9 Å². The number of nitrogens with one attached hydrogen (secondary N) is 1. The van der Waals surface area contributed by atoms with Gasteiger partial charge in [0.05, 0.1) is 10.8 Å². The van der Waals surface area contributed by atoms with Crippen LogP contribution in [0, 0.1) is 25.6 Å². The van der Waals surface area contributed by atoms with Crippen molar-refractivity contribution >= 4 is 15.9 Å². The summed E-state index contributed by atoms with van der Waals surface area (Å²) in [7, 11) is -3.73. The average Bonchev–Trinajstić information content (AvgIpc) is 2.72. The van der Waals surface area contributed by atoms with Crippen molar-refractivity contribution in [3.8, 4) is 0 Å². The number of hydrogen-bond acceptors (Lipinski definition) is 3. The molecular formula is C23H29FN2O3S. The summed E-state index contributed by atoms with van der Waals surface area (Å²) in [5.41, 5.74) is 3.78. The van der Waals surface area contributed by atoms with Gasteiger partial charge in [-0.1, -0.05) is 23.8 Å². The number of halogens is 1. The molecule has 1 aliphatic rings. The molecule has 1 aliphatic heterocycles. The molecule has 0 bridgehead atoms. The Bertz CT molecular complexity index is 990. The fraction of sp³-hybridized carbons (Fsp3) is 0.435. The van der Waals surface area contributed by atoms with Crippen LogP contribution in [0.5, 0.6) is 0 Å². The molecule has 5 nitrogen and oxygen atoms in total. The lowest BCUT2D eigenvalue weighted by Crippen LogP contribution is -2.45. The molecule has 1 fully saturated rings. The first-order chi connectivity index (χ1) is 14.3. The van der Waals surface area contributed by atoms with Gasteiger partial charge in [0.1, 0.15) is 5.82 Å². The lowest BCUT2D eigenvalue weighted by molar-refractivity contribution is -0.126. The SMILES string of the molecule is Cc1ccc(CCCNC(=O)C2CCCN(S(=O)(=O)c3ccc(F)cc3)C2)c(C)c1. The smallest absolute Gasteiger partial charge is 0.243 e. The molecular weight excluding hydrogens is 403 g/mol. The molecule has 0 aliphatic carbocycles. The maximum Gasteiger partial charge on any atom is 0.243 e. The topological polar surface area (TPSA) is 66.5 Å². The normalized spacial score (nSPS) is 17.6. The van der Waals surface area contributed by atoms with E-state index in [0.29, 0.717) is 25.9 Å². The fourth-order valence-corrected chi connectivity index (χ4v) is 5.42. The largest absolute Gasteiger partial charge is 0.356 e. The van der Waals surface area contributed by atoms with E-state index in [0.717, 1.165) is 25.0 Å². The first kappa shape index (κ1) is 22.4. The lowest BCUT2D eigenvalue weighted by Gasteiger charge is -2.31. The molecule has 2 aromatic carbocycles. The van der Waals surface area contributed by atoms with Crippen molar-refractivity contribution in [2.45, 2.75) is 44.4 Å². The van der Waals surface area contributed by atoms with E-state index < -0.39 is 15.8 Å². The summed E-state index contributed by atoms with van der Waals surface area (Å²) >= 11 is 0.